The zero-order chi connectivity index (χ0) is 35.4. The predicted octanol–water partition coefficient (Wildman–Crippen LogP) is 10.2. The maximum atomic E-state index is 12.5. The number of phosphoric acid groups is 1. The number of nitrogens with two attached hydrogens (primary N) is 1. The number of hydrogen-bond acceptors (Lipinski definition) is 8. The van der Waals surface area contributed by atoms with Crippen molar-refractivity contribution in [1.82, 2.24) is 0 Å². The molecule has 9 nitrogen and oxygen atoms in total. The summed E-state index contributed by atoms with van der Waals surface area (Å²) in [7, 11) is -4.37. The van der Waals surface area contributed by atoms with Crippen LogP contribution in [0, 0.1) is 0 Å². The Morgan fingerprint density at radius 3 is 1.67 bits per heavy atom. The number of esters is 2. The van der Waals surface area contributed by atoms with E-state index in [2.05, 4.69) is 50.3 Å². The van der Waals surface area contributed by atoms with Crippen molar-refractivity contribution in [2.75, 3.05) is 26.4 Å². The van der Waals surface area contributed by atoms with Crippen molar-refractivity contribution >= 4 is 19.8 Å². The van der Waals surface area contributed by atoms with Crippen molar-refractivity contribution in [2.24, 2.45) is 5.73 Å². The van der Waals surface area contributed by atoms with Crippen LogP contribution in [0.4, 0.5) is 0 Å². The van der Waals surface area contributed by atoms with Gasteiger partial charge in [-0.2, -0.15) is 0 Å². The molecule has 0 saturated heterocycles. The van der Waals surface area contributed by atoms with Crippen molar-refractivity contribution < 1.29 is 37.6 Å². The molecule has 280 valence electrons. The predicted molar refractivity (Wildman–Crippen MR) is 197 cm³/mol. The van der Waals surface area contributed by atoms with E-state index in [1.54, 1.807) is 0 Å². The van der Waals surface area contributed by atoms with Crippen LogP contribution < -0.4 is 5.73 Å². The third-order valence-corrected chi connectivity index (χ3v) is 8.73. The number of phosphoric ester groups is 1. The molecule has 0 aromatic carbocycles. The SMILES string of the molecule is CCCC/C=C/C/C=C/CCCCCCCC(=O)OC[C@H](COP(=O)(O)OCCN)OC(=O)CCCCCCC/C=C/CCCCCC. The van der Waals surface area contributed by atoms with Gasteiger partial charge in [-0.25, -0.2) is 4.57 Å². The lowest BCUT2D eigenvalue weighted by Crippen LogP contribution is -2.29. The fourth-order valence-electron chi connectivity index (χ4n) is 4.88. The Kier molecular flexibility index (Phi) is 33.8. The van der Waals surface area contributed by atoms with Gasteiger partial charge in [0.1, 0.15) is 6.61 Å². The Morgan fingerprint density at radius 1 is 0.625 bits per heavy atom. The summed E-state index contributed by atoms with van der Waals surface area (Å²) in [6.45, 7) is 3.63. The van der Waals surface area contributed by atoms with E-state index in [1.165, 1.54) is 44.9 Å². The van der Waals surface area contributed by atoms with Crippen molar-refractivity contribution in [3.8, 4) is 0 Å². The van der Waals surface area contributed by atoms with Crippen molar-refractivity contribution in [1.29, 1.82) is 0 Å². The van der Waals surface area contributed by atoms with E-state index < -0.39 is 32.5 Å². The van der Waals surface area contributed by atoms with E-state index in [0.717, 1.165) is 77.0 Å². The Labute approximate surface area is 293 Å². The summed E-state index contributed by atoms with van der Waals surface area (Å²) >= 11 is 0. The maximum Gasteiger partial charge on any atom is 0.472 e. The number of carbonyl (C=O) groups excluding carboxylic acids is 2. The quantitative estimate of drug-likeness (QED) is 0.0287. The summed E-state index contributed by atoms with van der Waals surface area (Å²) in [4.78, 5) is 34.7. The van der Waals surface area contributed by atoms with Crippen LogP contribution in [0.1, 0.15) is 162 Å². The Bertz CT molecular complexity index is 892. The van der Waals surface area contributed by atoms with Crippen LogP contribution in [0.5, 0.6) is 0 Å². The lowest BCUT2D eigenvalue weighted by atomic mass is 10.1. The molecule has 0 bridgehead atoms. The number of hydrogen-bond donors (Lipinski definition) is 2. The van der Waals surface area contributed by atoms with Gasteiger partial charge in [-0.1, -0.05) is 121 Å². The Balaban J connectivity index is 4.27. The smallest absolute Gasteiger partial charge is 0.462 e. The second kappa shape index (κ2) is 35.1. The van der Waals surface area contributed by atoms with Gasteiger partial charge in [0, 0.05) is 19.4 Å². The molecule has 0 fully saturated rings. The minimum Gasteiger partial charge on any atom is -0.462 e. The average molecular weight is 700 g/mol. The summed E-state index contributed by atoms with van der Waals surface area (Å²) in [5.41, 5.74) is 5.33. The first-order valence-electron chi connectivity index (χ1n) is 19.0. The molecule has 10 heteroatoms. The molecule has 0 heterocycles. The first kappa shape index (κ1) is 46.2. The fraction of sp³-hybridized carbons (Fsp3) is 0.789. The zero-order valence-corrected chi connectivity index (χ0v) is 31.4. The van der Waals surface area contributed by atoms with Crippen LogP contribution in [0.15, 0.2) is 36.5 Å². The average Bonchev–Trinajstić information content (AvgIpc) is 3.07. The third-order valence-electron chi connectivity index (χ3n) is 7.75. The summed E-state index contributed by atoms with van der Waals surface area (Å²) < 4.78 is 32.6. The van der Waals surface area contributed by atoms with Crippen molar-refractivity contribution in [3.63, 3.8) is 0 Å². The van der Waals surface area contributed by atoms with Gasteiger partial charge in [0.25, 0.3) is 0 Å². The molecular formula is C38H70NO8P. The van der Waals surface area contributed by atoms with E-state index >= 15 is 0 Å². The summed E-state index contributed by atoms with van der Waals surface area (Å²) in [5.74, 6) is -0.858. The monoisotopic (exact) mass is 699 g/mol. The topological polar surface area (TPSA) is 134 Å². The molecule has 3 N–H and O–H groups in total. The molecule has 0 amide bonds. The Morgan fingerprint density at radius 2 is 1.10 bits per heavy atom. The van der Waals surface area contributed by atoms with Gasteiger partial charge in [-0.15, -0.1) is 0 Å². The molecule has 2 atom stereocenters. The Hall–Kier alpha value is -1.77. The number of unbranched alkanes of at least 4 members (excludes halogenated alkanes) is 16. The second-order valence-electron chi connectivity index (χ2n) is 12.4. The van der Waals surface area contributed by atoms with Gasteiger partial charge in [0.2, 0.25) is 0 Å². The van der Waals surface area contributed by atoms with E-state index in [1.807, 2.05) is 0 Å². The minimum atomic E-state index is -4.37. The van der Waals surface area contributed by atoms with Crippen LogP contribution in [0.25, 0.3) is 0 Å². The van der Waals surface area contributed by atoms with E-state index in [9.17, 15) is 19.0 Å². The first-order valence-corrected chi connectivity index (χ1v) is 20.5. The van der Waals surface area contributed by atoms with Gasteiger partial charge in [0.05, 0.1) is 13.2 Å². The molecule has 0 aliphatic rings. The molecule has 0 rings (SSSR count). The summed E-state index contributed by atoms with van der Waals surface area (Å²) in [5, 5.41) is 0. The molecule has 0 spiro atoms. The molecule has 48 heavy (non-hydrogen) atoms. The van der Waals surface area contributed by atoms with Crippen LogP contribution in [-0.4, -0.2) is 49.3 Å². The molecule has 0 aromatic rings. The largest absolute Gasteiger partial charge is 0.472 e. The van der Waals surface area contributed by atoms with Crippen LogP contribution in [0.3, 0.4) is 0 Å². The zero-order valence-electron chi connectivity index (χ0n) is 30.5. The van der Waals surface area contributed by atoms with E-state index in [-0.39, 0.29) is 32.6 Å². The molecule has 0 aliphatic carbocycles. The van der Waals surface area contributed by atoms with Crippen LogP contribution in [-0.2, 0) is 32.7 Å². The second-order valence-corrected chi connectivity index (χ2v) is 13.9. The maximum absolute atomic E-state index is 12.5. The normalized spacial score (nSPS) is 13.8. The highest BCUT2D eigenvalue weighted by Crippen LogP contribution is 2.43. The number of rotatable bonds is 35. The third kappa shape index (κ3) is 34.1. The van der Waals surface area contributed by atoms with Gasteiger partial charge in [-0.05, 0) is 64.2 Å². The van der Waals surface area contributed by atoms with E-state index in [0.29, 0.717) is 12.8 Å². The minimum absolute atomic E-state index is 0.0495. The van der Waals surface area contributed by atoms with Gasteiger partial charge in [-0.3, -0.25) is 18.6 Å². The van der Waals surface area contributed by atoms with Crippen molar-refractivity contribution in [3.05, 3.63) is 36.5 Å². The highest BCUT2D eigenvalue weighted by atomic mass is 31.2. The van der Waals surface area contributed by atoms with Crippen LogP contribution in [0.2, 0.25) is 0 Å². The molecule has 0 aliphatic heterocycles. The number of ether oxygens (including phenoxy) is 2. The molecule has 0 saturated carbocycles. The number of carbonyl (C=O) groups is 2. The lowest BCUT2D eigenvalue weighted by molar-refractivity contribution is -0.161. The molecular weight excluding hydrogens is 629 g/mol. The molecule has 0 radical (unpaired) electrons. The van der Waals surface area contributed by atoms with Gasteiger partial charge >= 0.3 is 19.8 Å². The highest BCUT2D eigenvalue weighted by Gasteiger charge is 2.25. The molecule has 0 aromatic heterocycles. The van der Waals surface area contributed by atoms with E-state index in [4.69, 9.17) is 24.3 Å². The first-order chi connectivity index (χ1) is 23.3. The standard InChI is InChI=1S/C38H70NO8P/c1-3-5-7-9-11-13-15-17-19-20-22-24-26-28-30-37(40)44-34-36(35-46-48(42,43)45-33-32-39)47-38(41)31-29-27-25-23-21-18-16-14-12-10-8-6-4-2/h9,11,14-17,36H,3-8,10,12-13,18-35,39H2,1-2H3,(H,42,43)/b11-9+,16-14+,17-15+/t36-/m1/s1. The molecule has 1 unspecified atom stereocenters. The highest BCUT2D eigenvalue weighted by molar-refractivity contribution is 7.47. The fourth-order valence-corrected chi connectivity index (χ4v) is 5.64. The summed E-state index contributed by atoms with van der Waals surface area (Å²) in [6, 6.07) is 0. The van der Waals surface area contributed by atoms with Crippen LogP contribution >= 0.6 is 7.82 Å². The van der Waals surface area contributed by atoms with Gasteiger partial charge in [0.15, 0.2) is 6.10 Å². The lowest BCUT2D eigenvalue weighted by Gasteiger charge is -2.19. The van der Waals surface area contributed by atoms with Crippen molar-refractivity contribution in [2.45, 2.75) is 168 Å². The number of allylic oxidation sites excluding steroid dienone is 6. The van der Waals surface area contributed by atoms with Gasteiger partial charge < -0.3 is 20.1 Å². The summed E-state index contributed by atoms with van der Waals surface area (Å²) in [6.07, 6.45) is 36.0.